The first-order chi connectivity index (χ1) is 7.49. The van der Waals surface area contributed by atoms with Gasteiger partial charge in [0.15, 0.2) is 0 Å². The Hall–Kier alpha value is -1.62. The van der Waals surface area contributed by atoms with Gasteiger partial charge in [-0.1, -0.05) is 17.7 Å². The molecule has 5 nitrogen and oxygen atoms in total. The molecule has 0 aliphatic heterocycles. The molecule has 1 aromatic rings. The summed E-state index contributed by atoms with van der Waals surface area (Å²) in [5.74, 6) is -0.406. The summed E-state index contributed by atoms with van der Waals surface area (Å²) in [7, 11) is 1.58. The van der Waals surface area contributed by atoms with Gasteiger partial charge in [-0.2, -0.15) is 0 Å². The molecule has 0 saturated heterocycles. The molecule has 16 heavy (non-hydrogen) atoms. The molecule has 0 unspecified atom stereocenters. The topological polar surface area (TPSA) is 63.5 Å². The molecular formula is C10H11ClN2O3. The summed E-state index contributed by atoms with van der Waals surface area (Å²) >= 11 is 5.70. The Morgan fingerprint density at radius 2 is 2.19 bits per heavy atom. The lowest BCUT2D eigenvalue weighted by atomic mass is 10.1. The van der Waals surface area contributed by atoms with E-state index in [9.17, 15) is 14.9 Å². The van der Waals surface area contributed by atoms with Crippen LogP contribution in [0, 0.1) is 10.1 Å². The third-order valence-corrected chi connectivity index (χ3v) is 2.53. The van der Waals surface area contributed by atoms with Crippen molar-refractivity contribution in [2.24, 2.45) is 0 Å². The van der Waals surface area contributed by atoms with Crippen LogP contribution in [0.3, 0.4) is 0 Å². The second kappa shape index (κ2) is 4.94. The molecule has 1 rings (SSSR count). The Morgan fingerprint density at radius 1 is 1.56 bits per heavy atom. The SMILES string of the molecule is CCN(C)C(=O)c1cccc(Cl)c1[N+](=O)[O-]. The maximum atomic E-state index is 11.8. The fourth-order valence-corrected chi connectivity index (χ4v) is 1.47. The molecule has 0 N–H and O–H groups in total. The van der Waals surface area contributed by atoms with E-state index in [-0.39, 0.29) is 16.3 Å². The first-order valence-electron chi connectivity index (χ1n) is 4.67. The van der Waals surface area contributed by atoms with Gasteiger partial charge in [-0.15, -0.1) is 0 Å². The fraction of sp³-hybridized carbons (Fsp3) is 0.300. The lowest BCUT2D eigenvalue weighted by Crippen LogP contribution is -2.26. The molecule has 0 atom stereocenters. The van der Waals surface area contributed by atoms with Crippen molar-refractivity contribution in [2.75, 3.05) is 13.6 Å². The number of para-hydroxylation sites is 1. The summed E-state index contributed by atoms with van der Waals surface area (Å²) in [6.07, 6.45) is 0. The molecular weight excluding hydrogens is 232 g/mol. The van der Waals surface area contributed by atoms with Crippen molar-refractivity contribution < 1.29 is 9.72 Å². The molecule has 0 saturated carbocycles. The first kappa shape index (κ1) is 12.4. The standard InChI is InChI=1S/C10H11ClN2O3/c1-3-12(2)10(14)7-5-4-6-8(11)9(7)13(15)16/h4-6H,3H2,1-2H3. The third-order valence-electron chi connectivity index (χ3n) is 2.22. The summed E-state index contributed by atoms with van der Waals surface area (Å²) in [5.41, 5.74) is -0.323. The lowest BCUT2D eigenvalue weighted by Gasteiger charge is -2.14. The van der Waals surface area contributed by atoms with E-state index in [1.807, 2.05) is 0 Å². The van der Waals surface area contributed by atoms with Gasteiger partial charge >= 0.3 is 5.69 Å². The molecule has 0 radical (unpaired) electrons. The summed E-state index contributed by atoms with van der Waals surface area (Å²) < 4.78 is 0. The van der Waals surface area contributed by atoms with Crippen LogP contribution in [-0.2, 0) is 0 Å². The van der Waals surface area contributed by atoms with Crippen molar-refractivity contribution in [3.63, 3.8) is 0 Å². The van der Waals surface area contributed by atoms with Crippen LogP contribution in [0.5, 0.6) is 0 Å². The van der Waals surface area contributed by atoms with Crippen LogP contribution in [0.15, 0.2) is 18.2 Å². The number of nitro benzene ring substituents is 1. The molecule has 0 aromatic heterocycles. The van der Waals surface area contributed by atoms with Gasteiger partial charge in [0.1, 0.15) is 10.6 Å². The van der Waals surface area contributed by atoms with Crippen LogP contribution in [0.1, 0.15) is 17.3 Å². The van der Waals surface area contributed by atoms with Crippen LogP contribution in [0.25, 0.3) is 0 Å². The zero-order valence-corrected chi connectivity index (χ0v) is 9.69. The highest BCUT2D eigenvalue weighted by atomic mass is 35.5. The fourth-order valence-electron chi connectivity index (χ4n) is 1.22. The Bertz CT molecular complexity index is 434. The minimum atomic E-state index is -0.640. The predicted octanol–water partition coefficient (Wildman–Crippen LogP) is 2.34. The lowest BCUT2D eigenvalue weighted by molar-refractivity contribution is -0.385. The van der Waals surface area contributed by atoms with Crippen molar-refractivity contribution in [1.29, 1.82) is 0 Å². The first-order valence-corrected chi connectivity index (χ1v) is 5.05. The molecule has 0 heterocycles. The monoisotopic (exact) mass is 242 g/mol. The van der Waals surface area contributed by atoms with E-state index in [0.29, 0.717) is 6.54 Å². The van der Waals surface area contributed by atoms with Crippen molar-refractivity contribution >= 4 is 23.2 Å². The zero-order valence-electron chi connectivity index (χ0n) is 8.94. The quantitative estimate of drug-likeness (QED) is 0.604. The van der Waals surface area contributed by atoms with Gasteiger partial charge in [-0.05, 0) is 19.1 Å². The number of nitrogens with zero attached hydrogens (tertiary/aromatic N) is 2. The molecule has 0 aliphatic carbocycles. The third kappa shape index (κ3) is 2.30. The number of nitro groups is 1. The van der Waals surface area contributed by atoms with Gasteiger partial charge in [-0.3, -0.25) is 14.9 Å². The highest BCUT2D eigenvalue weighted by Gasteiger charge is 2.24. The maximum Gasteiger partial charge on any atom is 0.300 e. The van der Waals surface area contributed by atoms with Gasteiger partial charge in [0, 0.05) is 13.6 Å². The molecule has 1 amide bonds. The largest absolute Gasteiger partial charge is 0.342 e. The second-order valence-corrected chi connectivity index (χ2v) is 3.62. The zero-order chi connectivity index (χ0) is 12.3. The van der Waals surface area contributed by atoms with Crippen LogP contribution < -0.4 is 0 Å². The molecule has 0 aliphatic rings. The van der Waals surface area contributed by atoms with E-state index >= 15 is 0 Å². The average Bonchev–Trinajstić information content (AvgIpc) is 2.26. The minimum Gasteiger partial charge on any atom is -0.342 e. The Labute approximate surface area is 97.8 Å². The smallest absolute Gasteiger partial charge is 0.300 e. The molecule has 6 heteroatoms. The molecule has 0 bridgehead atoms. The Balaban J connectivity index is 3.28. The van der Waals surface area contributed by atoms with E-state index < -0.39 is 10.8 Å². The molecule has 1 aromatic carbocycles. The van der Waals surface area contributed by atoms with E-state index in [1.54, 1.807) is 14.0 Å². The van der Waals surface area contributed by atoms with Gasteiger partial charge in [0.2, 0.25) is 0 Å². The van der Waals surface area contributed by atoms with Crippen LogP contribution in [0.2, 0.25) is 5.02 Å². The predicted molar refractivity (Wildman–Crippen MR) is 60.7 cm³/mol. The van der Waals surface area contributed by atoms with Crippen LogP contribution >= 0.6 is 11.6 Å². The van der Waals surface area contributed by atoms with Crippen LogP contribution in [-0.4, -0.2) is 29.3 Å². The van der Waals surface area contributed by atoms with Gasteiger partial charge in [0.05, 0.1) is 4.92 Å². The summed E-state index contributed by atoms with van der Waals surface area (Å²) in [5, 5.41) is 10.8. The highest BCUT2D eigenvalue weighted by Crippen LogP contribution is 2.28. The van der Waals surface area contributed by atoms with Gasteiger partial charge in [0.25, 0.3) is 5.91 Å². The summed E-state index contributed by atoms with van der Waals surface area (Å²) in [4.78, 5) is 23.4. The minimum absolute atomic E-state index is 0.0156. The van der Waals surface area contributed by atoms with E-state index in [2.05, 4.69) is 0 Å². The number of carbonyl (C=O) groups excluding carboxylic acids is 1. The number of hydrogen-bond donors (Lipinski definition) is 0. The molecule has 0 fully saturated rings. The normalized spacial score (nSPS) is 9.94. The average molecular weight is 243 g/mol. The van der Waals surface area contributed by atoms with Gasteiger partial charge in [-0.25, -0.2) is 0 Å². The number of amides is 1. The van der Waals surface area contributed by atoms with E-state index in [1.165, 1.54) is 23.1 Å². The van der Waals surface area contributed by atoms with Crippen molar-refractivity contribution in [3.8, 4) is 0 Å². The second-order valence-electron chi connectivity index (χ2n) is 3.21. The molecule has 86 valence electrons. The summed E-state index contributed by atoms with van der Waals surface area (Å²) in [6, 6.07) is 4.31. The van der Waals surface area contributed by atoms with Crippen LogP contribution in [0.4, 0.5) is 5.69 Å². The number of rotatable bonds is 3. The summed E-state index contributed by atoms with van der Waals surface area (Å²) in [6.45, 7) is 2.26. The van der Waals surface area contributed by atoms with Crippen molar-refractivity contribution in [1.82, 2.24) is 4.90 Å². The molecule has 0 spiro atoms. The Kier molecular flexibility index (Phi) is 3.84. The van der Waals surface area contributed by atoms with Crippen molar-refractivity contribution in [2.45, 2.75) is 6.92 Å². The van der Waals surface area contributed by atoms with Crippen molar-refractivity contribution in [3.05, 3.63) is 38.9 Å². The maximum absolute atomic E-state index is 11.8. The van der Waals surface area contributed by atoms with E-state index in [4.69, 9.17) is 11.6 Å². The number of carbonyl (C=O) groups is 1. The number of benzene rings is 1. The number of hydrogen-bond acceptors (Lipinski definition) is 3. The van der Waals surface area contributed by atoms with E-state index in [0.717, 1.165) is 0 Å². The number of halogens is 1. The Morgan fingerprint density at radius 3 is 2.69 bits per heavy atom. The highest BCUT2D eigenvalue weighted by molar-refractivity contribution is 6.33. The van der Waals surface area contributed by atoms with Gasteiger partial charge < -0.3 is 4.90 Å².